The molecule has 1 aromatic heterocycles. The zero-order chi connectivity index (χ0) is 10.6. The third kappa shape index (κ3) is 4.35. The highest BCUT2D eigenvalue weighted by molar-refractivity contribution is 5.85. The van der Waals surface area contributed by atoms with Crippen molar-refractivity contribution in [2.24, 2.45) is 5.73 Å². The summed E-state index contributed by atoms with van der Waals surface area (Å²) in [5.74, 6) is 0.281. The molecule has 0 amide bonds. The van der Waals surface area contributed by atoms with Crippen molar-refractivity contribution in [2.75, 3.05) is 13.2 Å². The number of ether oxygens (including phenoxy) is 1. The SMILES string of the molecule is Cl.NCCOc1ccc(C(F)(F)F)nc1. The van der Waals surface area contributed by atoms with Gasteiger partial charge in [0.15, 0.2) is 0 Å². The van der Waals surface area contributed by atoms with E-state index in [0.29, 0.717) is 6.54 Å². The molecule has 1 aromatic rings. The van der Waals surface area contributed by atoms with Crippen LogP contribution in [0.15, 0.2) is 18.3 Å². The van der Waals surface area contributed by atoms with Gasteiger partial charge in [0, 0.05) is 6.54 Å². The highest BCUT2D eigenvalue weighted by Crippen LogP contribution is 2.28. The van der Waals surface area contributed by atoms with Gasteiger partial charge in [-0.3, -0.25) is 0 Å². The fourth-order valence-corrected chi connectivity index (χ4v) is 0.810. The van der Waals surface area contributed by atoms with Gasteiger partial charge in [-0.05, 0) is 12.1 Å². The van der Waals surface area contributed by atoms with Crippen LogP contribution in [-0.2, 0) is 6.18 Å². The van der Waals surface area contributed by atoms with E-state index in [0.717, 1.165) is 12.3 Å². The molecule has 0 saturated carbocycles. The first kappa shape index (κ1) is 14.0. The predicted octanol–water partition coefficient (Wildman–Crippen LogP) is 1.86. The molecule has 0 radical (unpaired) electrons. The normalized spacial score (nSPS) is 10.7. The van der Waals surface area contributed by atoms with Crippen LogP contribution in [0.1, 0.15) is 5.69 Å². The van der Waals surface area contributed by atoms with E-state index < -0.39 is 11.9 Å². The number of rotatable bonds is 3. The predicted molar refractivity (Wildman–Crippen MR) is 51.0 cm³/mol. The number of aromatic nitrogens is 1. The fourth-order valence-electron chi connectivity index (χ4n) is 0.810. The van der Waals surface area contributed by atoms with Crippen molar-refractivity contribution in [1.82, 2.24) is 4.98 Å². The summed E-state index contributed by atoms with van der Waals surface area (Å²) in [7, 11) is 0. The summed E-state index contributed by atoms with van der Waals surface area (Å²) < 4.78 is 41.1. The van der Waals surface area contributed by atoms with Gasteiger partial charge in [0.25, 0.3) is 0 Å². The molecule has 0 spiro atoms. The summed E-state index contributed by atoms with van der Waals surface area (Å²) >= 11 is 0. The number of alkyl halides is 3. The van der Waals surface area contributed by atoms with Crippen LogP contribution < -0.4 is 10.5 Å². The van der Waals surface area contributed by atoms with Gasteiger partial charge in [-0.25, -0.2) is 4.98 Å². The Morgan fingerprint density at radius 3 is 2.40 bits per heavy atom. The number of nitrogens with two attached hydrogens (primary N) is 1. The number of nitrogens with zero attached hydrogens (tertiary/aromatic N) is 1. The van der Waals surface area contributed by atoms with E-state index in [4.69, 9.17) is 10.5 Å². The maximum absolute atomic E-state index is 12.0. The maximum atomic E-state index is 12.0. The molecule has 3 nitrogen and oxygen atoms in total. The molecule has 1 rings (SSSR count). The first-order valence-corrected chi connectivity index (χ1v) is 3.90. The molecule has 0 aliphatic carbocycles. The van der Waals surface area contributed by atoms with Gasteiger partial charge in [0.1, 0.15) is 18.1 Å². The molecule has 15 heavy (non-hydrogen) atoms. The van der Waals surface area contributed by atoms with Crippen molar-refractivity contribution in [3.63, 3.8) is 0 Å². The first-order chi connectivity index (χ1) is 6.54. The highest BCUT2D eigenvalue weighted by Gasteiger charge is 2.32. The van der Waals surface area contributed by atoms with Gasteiger partial charge in [-0.1, -0.05) is 0 Å². The summed E-state index contributed by atoms with van der Waals surface area (Å²) in [4.78, 5) is 3.21. The van der Waals surface area contributed by atoms with Crippen LogP contribution >= 0.6 is 12.4 Å². The van der Waals surface area contributed by atoms with Crippen LogP contribution in [-0.4, -0.2) is 18.1 Å². The maximum Gasteiger partial charge on any atom is 0.433 e. The van der Waals surface area contributed by atoms with Gasteiger partial charge in [0.2, 0.25) is 0 Å². The third-order valence-corrected chi connectivity index (χ3v) is 1.41. The Morgan fingerprint density at radius 1 is 1.33 bits per heavy atom. The van der Waals surface area contributed by atoms with Gasteiger partial charge < -0.3 is 10.5 Å². The molecule has 0 aromatic carbocycles. The van der Waals surface area contributed by atoms with Gasteiger partial charge in [0.05, 0.1) is 6.20 Å². The highest BCUT2D eigenvalue weighted by atomic mass is 35.5. The van der Waals surface area contributed by atoms with E-state index >= 15 is 0 Å². The Bertz CT molecular complexity index is 289. The second-order valence-electron chi connectivity index (χ2n) is 2.51. The molecule has 0 atom stereocenters. The van der Waals surface area contributed by atoms with Crippen LogP contribution in [0.4, 0.5) is 13.2 Å². The van der Waals surface area contributed by atoms with Crippen molar-refractivity contribution in [2.45, 2.75) is 6.18 Å². The van der Waals surface area contributed by atoms with Crippen LogP contribution in [0.5, 0.6) is 5.75 Å². The topological polar surface area (TPSA) is 48.1 Å². The van der Waals surface area contributed by atoms with E-state index in [9.17, 15) is 13.2 Å². The Kier molecular flexibility index (Phi) is 5.38. The zero-order valence-electron chi connectivity index (χ0n) is 7.62. The molecule has 0 saturated heterocycles. The molecule has 0 aliphatic heterocycles. The average Bonchev–Trinajstić information content (AvgIpc) is 2.14. The summed E-state index contributed by atoms with van der Waals surface area (Å²) in [5, 5.41) is 0. The summed E-state index contributed by atoms with van der Waals surface area (Å²) in [6, 6.07) is 2.08. The van der Waals surface area contributed by atoms with Gasteiger partial charge in [-0.15, -0.1) is 12.4 Å². The van der Waals surface area contributed by atoms with Crippen molar-refractivity contribution < 1.29 is 17.9 Å². The molecule has 86 valence electrons. The smallest absolute Gasteiger partial charge is 0.433 e. The van der Waals surface area contributed by atoms with Crippen LogP contribution in [0.2, 0.25) is 0 Å². The Labute approximate surface area is 90.8 Å². The molecule has 7 heteroatoms. The van der Waals surface area contributed by atoms with E-state index in [1.54, 1.807) is 0 Å². The molecule has 0 bridgehead atoms. The van der Waals surface area contributed by atoms with Crippen molar-refractivity contribution in [1.29, 1.82) is 0 Å². The Hall–Kier alpha value is -1.01. The Morgan fingerprint density at radius 2 is 2.00 bits per heavy atom. The lowest BCUT2D eigenvalue weighted by atomic mass is 10.3. The molecular formula is C8H10ClF3N2O. The van der Waals surface area contributed by atoms with Gasteiger partial charge >= 0.3 is 6.18 Å². The molecule has 0 unspecified atom stereocenters. The van der Waals surface area contributed by atoms with Crippen LogP contribution in [0, 0.1) is 0 Å². The first-order valence-electron chi connectivity index (χ1n) is 3.90. The summed E-state index contributed by atoms with van der Waals surface area (Å²) in [6.07, 6.45) is -3.38. The number of hydrogen-bond donors (Lipinski definition) is 1. The minimum Gasteiger partial charge on any atom is -0.491 e. The monoisotopic (exact) mass is 242 g/mol. The zero-order valence-corrected chi connectivity index (χ0v) is 8.44. The molecule has 0 aliphatic rings. The lowest BCUT2D eigenvalue weighted by Crippen LogP contribution is -2.11. The quantitative estimate of drug-likeness (QED) is 0.880. The van der Waals surface area contributed by atoms with Crippen LogP contribution in [0.3, 0.4) is 0 Å². The van der Waals surface area contributed by atoms with Gasteiger partial charge in [-0.2, -0.15) is 13.2 Å². The van der Waals surface area contributed by atoms with E-state index in [-0.39, 0.29) is 24.8 Å². The fraction of sp³-hybridized carbons (Fsp3) is 0.375. The number of hydrogen-bond acceptors (Lipinski definition) is 3. The lowest BCUT2D eigenvalue weighted by Gasteiger charge is -2.07. The third-order valence-electron chi connectivity index (χ3n) is 1.41. The number of halogens is 4. The summed E-state index contributed by atoms with van der Waals surface area (Å²) in [6.45, 7) is 0.564. The number of pyridine rings is 1. The standard InChI is InChI=1S/C8H9F3N2O.ClH/c9-8(10,11)7-2-1-6(5-13-7)14-4-3-12;/h1-2,5H,3-4,12H2;1H. The molecular weight excluding hydrogens is 233 g/mol. The van der Waals surface area contributed by atoms with E-state index in [1.165, 1.54) is 6.07 Å². The Balaban J connectivity index is 0.00000196. The minimum atomic E-state index is -4.41. The van der Waals surface area contributed by atoms with E-state index in [1.807, 2.05) is 0 Å². The van der Waals surface area contributed by atoms with Crippen LogP contribution in [0.25, 0.3) is 0 Å². The average molecular weight is 243 g/mol. The lowest BCUT2D eigenvalue weighted by molar-refractivity contribution is -0.141. The summed E-state index contributed by atoms with van der Waals surface area (Å²) in [5.41, 5.74) is 4.22. The van der Waals surface area contributed by atoms with Crippen molar-refractivity contribution >= 4 is 12.4 Å². The molecule has 1 heterocycles. The second kappa shape index (κ2) is 5.77. The molecule has 0 fully saturated rings. The molecule has 2 N–H and O–H groups in total. The van der Waals surface area contributed by atoms with Crippen molar-refractivity contribution in [3.05, 3.63) is 24.0 Å². The van der Waals surface area contributed by atoms with E-state index in [2.05, 4.69) is 4.98 Å². The van der Waals surface area contributed by atoms with Crippen molar-refractivity contribution in [3.8, 4) is 5.75 Å². The largest absolute Gasteiger partial charge is 0.491 e. The second-order valence-corrected chi connectivity index (χ2v) is 2.51. The minimum absolute atomic E-state index is 0.